The zero-order chi connectivity index (χ0) is 18.4. The third kappa shape index (κ3) is 3.94. The number of carbonyl (C=O) groups excluding carboxylic acids is 1. The first kappa shape index (κ1) is 17.7. The van der Waals surface area contributed by atoms with Crippen molar-refractivity contribution < 1.29 is 14.3 Å². The summed E-state index contributed by atoms with van der Waals surface area (Å²) in [6, 6.07) is 14.5. The van der Waals surface area contributed by atoms with Gasteiger partial charge in [-0.15, -0.1) is 0 Å². The van der Waals surface area contributed by atoms with Gasteiger partial charge in [-0.1, -0.05) is 19.4 Å². The lowest BCUT2D eigenvalue weighted by Crippen LogP contribution is -2.12. The second kappa shape index (κ2) is 8.34. The van der Waals surface area contributed by atoms with Gasteiger partial charge in [0.05, 0.1) is 19.4 Å². The maximum absolute atomic E-state index is 12.6. The summed E-state index contributed by atoms with van der Waals surface area (Å²) in [5, 5.41) is 3.80. The van der Waals surface area contributed by atoms with E-state index in [1.54, 1.807) is 37.6 Å². The third-order valence-electron chi connectivity index (χ3n) is 4.07. The van der Waals surface area contributed by atoms with Crippen molar-refractivity contribution in [2.75, 3.05) is 19.0 Å². The summed E-state index contributed by atoms with van der Waals surface area (Å²) in [4.78, 5) is 17.0. The molecule has 0 unspecified atom stereocenters. The molecule has 0 aliphatic rings. The molecule has 0 aliphatic heterocycles. The molecule has 0 bridgehead atoms. The summed E-state index contributed by atoms with van der Waals surface area (Å²) in [5.74, 6) is 1.17. The quantitative estimate of drug-likeness (QED) is 0.629. The van der Waals surface area contributed by atoms with Crippen LogP contribution in [0, 0.1) is 0 Å². The zero-order valence-corrected chi connectivity index (χ0v) is 15.0. The molecule has 1 heterocycles. The fraction of sp³-hybridized carbons (Fsp3) is 0.238. The smallest absolute Gasteiger partial charge is 0.255 e. The number of ether oxygens (including phenoxy) is 2. The Morgan fingerprint density at radius 3 is 2.85 bits per heavy atom. The van der Waals surface area contributed by atoms with Crippen molar-refractivity contribution in [1.29, 1.82) is 0 Å². The first-order valence-corrected chi connectivity index (χ1v) is 8.69. The van der Waals surface area contributed by atoms with Crippen molar-refractivity contribution >= 4 is 22.5 Å². The Kier molecular flexibility index (Phi) is 5.69. The molecule has 0 saturated carbocycles. The monoisotopic (exact) mass is 350 g/mol. The van der Waals surface area contributed by atoms with Crippen LogP contribution in [0.25, 0.3) is 10.9 Å². The van der Waals surface area contributed by atoms with Crippen LogP contribution in [-0.4, -0.2) is 24.6 Å². The van der Waals surface area contributed by atoms with Crippen molar-refractivity contribution in [3.63, 3.8) is 0 Å². The van der Waals surface area contributed by atoms with Gasteiger partial charge in [-0.25, -0.2) is 0 Å². The summed E-state index contributed by atoms with van der Waals surface area (Å²) in [5.41, 5.74) is 1.97. The number of unbranched alkanes of at least 4 members (excludes halogenated alkanes) is 1. The Balaban J connectivity index is 1.88. The van der Waals surface area contributed by atoms with E-state index in [4.69, 9.17) is 9.47 Å². The minimum Gasteiger partial charge on any atom is -0.497 e. The standard InChI is InChI=1S/C21H22N2O3/c1-3-4-13-26-19-11-10-18(17-9-6-12-22-20(17)19)23-21(24)15-7-5-8-16(14-15)25-2/h5-12,14H,3-4,13H2,1-2H3,(H,23,24). The van der Waals surface area contributed by atoms with Gasteiger partial charge in [-0.2, -0.15) is 0 Å². The molecule has 0 spiro atoms. The average molecular weight is 350 g/mol. The lowest BCUT2D eigenvalue weighted by Gasteiger charge is -2.13. The Bertz CT molecular complexity index is 909. The first-order chi connectivity index (χ1) is 12.7. The van der Waals surface area contributed by atoms with Gasteiger partial charge in [0, 0.05) is 17.1 Å². The number of fused-ring (bicyclic) bond motifs is 1. The fourth-order valence-corrected chi connectivity index (χ4v) is 2.66. The van der Waals surface area contributed by atoms with Crippen LogP contribution in [0.2, 0.25) is 0 Å². The molecule has 1 N–H and O–H groups in total. The summed E-state index contributed by atoms with van der Waals surface area (Å²) < 4.78 is 11.0. The highest BCUT2D eigenvalue weighted by Crippen LogP contribution is 2.30. The van der Waals surface area contributed by atoms with Crippen LogP contribution in [0.5, 0.6) is 11.5 Å². The van der Waals surface area contributed by atoms with Crippen LogP contribution < -0.4 is 14.8 Å². The van der Waals surface area contributed by atoms with Crippen LogP contribution >= 0.6 is 0 Å². The van der Waals surface area contributed by atoms with Crippen molar-refractivity contribution in [3.05, 3.63) is 60.3 Å². The molecule has 5 nitrogen and oxygen atoms in total. The van der Waals surface area contributed by atoms with Crippen LogP contribution in [-0.2, 0) is 0 Å². The highest BCUT2D eigenvalue weighted by atomic mass is 16.5. The highest BCUT2D eigenvalue weighted by Gasteiger charge is 2.12. The van der Waals surface area contributed by atoms with E-state index in [0.717, 1.165) is 29.5 Å². The van der Waals surface area contributed by atoms with Gasteiger partial charge in [0.2, 0.25) is 0 Å². The fourth-order valence-electron chi connectivity index (χ4n) is 2.66. The molecular weight excluding hydrogens is 328 g/mol. The Morgan fingerprint density at radius 1 is 1.15 bits per heavy atom. The summed E-state index contributed by atoms with van der Waals surface area (Å²) >= 11 is 0. The Hall–Kier alpha value is -3.08. The minimum atomic E-state index is -0.200. The van der Waals surface area contributed by atoms with Crippen LogP contribution in [0.4, 0.5) is 5.69 Å². The topological polar surface area (TPSA) is 60.5 Å². The maximum atomic E-state index is 12.6. The molecule has 3 aromatic rings. The molecule has 2 aromatic carbocycles. The van der Waals surface area contributed by atoms with E-state index in [-0.39, 0.29) is 5.91 Å². The molecule has 0 radical (unpaired) electrons. The molecule has 1 amide bonds. The predicted molar refractivity (Wildman–Crippen MR) is 103 cm³/mol. The van der Waals surface area contributed by atoms with Crippen LogP contribution in [0.15, 0.2) is 54.7 Å². The van der Waals surface area contributed by atoms with E-state index < -0.39 is 0 Å². The van der Waals surface area contributed by atoms with Crippen LogP contribution in [0.1, 0.15) is 30.1 Å². The van der Waals surface area contributed by atoms with E-state index in [9.17, 15) is 4.79 Å². The summed E-state index contributed by atoms with van der Waals surface area (Å²) in [6.45, 7) is 2.77. The molecule has 0 atom stereocenters. The van der Waals surface area contributed by atoms with Gasteiger partial charge in [0.15, 0.2) is 0 Å². The second-order valence-electron chi connectivity index (χ2n) is 5.90. The number of methoxy groups -OCH3 is 1. The van der Waals surface area contributed by atoms with Crippen molar-refractivity contribution in [2.24, 2.45) is 0 Å². The Labute approximate surface area is 153 Å². The molecule has 134 valence electrons. The van der Waals surface area contributed by atoms with E-state index in [0.29, 0.717) is 23.6 Å². The SMILES string of the molecule is CCCCOc1ccc(NC(=O)c2cccc(OC)c2)c2cccnc12. The number of anilines is 1. The lowest BCUT2D eigenvalue weighted by atomic mass is 10.1. The van der Waals surface area contributed by atoms with Crippen molar-refractivity contribution in [3.8, 4) is 11.5 Å². The average Bonchev–Trinajstić information content (AvgIpc) is 2.69. The number of nitrogens with one attached hydrogen (secondary N) is 1. The maximum Gasteiger partial charge on any atom is 0.255 e. The number of amides is 1. The minimum absolute atomic E-state index is 0.200. The van der Waals surface area contributed by atoms with Crippen LogP contribution in [0.3, 0.4) is 0 Å². The summed E-state index contributed by atoms with van der Waals surface area (Å²) in [6.07, 6.45) is 3.78. The predicted octanol–water partition coefficient (Wildman–Crippen LogP) is 4.67. The molecule has 1 aromatic heterocycles. The third-order valence-corrected chi connectivity index (χ3v) is 4.07. The van der Waals surface area contributed by atoms with Crippen molar-refractivity contribution in [2.45, 2.75) is 19.8 Å². The highest BCUT2D eigenvalue weighted by molar-refractivity contribution is 6.09. The van der Waals surface area contributed by atoms with Crippen molar-refractivity contribution in [1.82, 2.24) is 4.98 Å². The van der Waals surface area contributed by atoms with Gasteiger partial charge >= 0.3 is 0 Å². The summed E-state index contributed by atoms with van der Waals surface area (Å²) in [7, 11) is 1.58. The lowest BCUT2D eigenvalue weighted by molar-refractivity contribution is 0.102. The number of aromatic nitrogens is 1. The second-order valence-corrected chi connectivity index (χ2v) is 5.90. The number of benzene rings is 2. The number of carbonyl (C=O) groups is 1. The molecular formula is C21H22N2O3. The number of hydrogen-bond donors (Lipinski definition) is 1. The zero-order valence-electron chi connectivity index (χ0n) is 15.0. The van der Waals surface area contributed by atoms with Gasteiger partial charge in [0.25, 0.3) is 5.91 Å². The molecule has 0 fully saturated rings. The number of pyridine rings is 1. The van der Waals surface area contributed by atoms with Gasteiger partial charge in [0.1, 0.15) is 17.0 Å². The van der Waals surface area contributed by atoms with Gasteiger partial charge in [-0.3, -0.25) is 9.78 Å². The molecule has 0 aliphatic carbocycles. The van der Waals surface area contributed by atoms with Gasteiger partial charge < -0.3 is 14.8 Å². The molecule has 5 heteroatoms. The number of rotatable bonds is 7. The van der Waals surface area contributed by atoms with Gasteiger partial charge in [-0.05, 0) is 48.9 Å². The number of nitrogens with zero attached hydrogens (tertiary/aromatic N) is 1. The van der Waals surface area contributed by atoms with E-state index >= 15 is 0 Å². The van der Waals surface area contributed by atoms with E-state index in [2.05, 4.69) is 17.2 Å². The molecule has 3 rings (SSSR count). The Morgan fingerprint density at radius 2 is 2.04 bits per heavy atom. The largest absolute Gasteiger partial charge is 0.497 e. The van der Waals surface area contributed by atoms with E-state index in [1.807, 2.05) is 24.3 Å². The molecule has 0 saturated heterocycles. The normalized spacial score (nSPS) is 10.5. The number of hydrogen-bond acceptors (Lipinski definition) is 4. The molecule has 26 heavy (non-hydrogen) atoms. The van der Waals surface area contributed by atoms with E-state index in [1.165, 1.54) is 0 Å². The first-order valence-electron chi connectivity index (χ1n) is 8.69.